The van der Waals surface area contributed by atoms with E-state index in [1.165, 1.54) is 18.2 Å². The molecule has 1 unspecified atom stereocenters. The molecule has 2 aromatic carbocycles. The second-order valence-electron chi connectivity index (χ2n) is 8.74. The van der Waals surface area contributed by atoms with Crippen molar-refractivity contribution >= 4 is 11.4 Å². The first kappa shape index (κ1) is 22.8. The quantitative estimate of drug-likeness (QED) is 0.341. The molecule has 4 aromatic rings. The molecule has 0 saturated carbocycles. The fourth-order valence-corrected chi connectivity index (χ4v) is 4.72. The van der Waals surface area contributed by atoms with Crippen molar-refractivity contribution in [3.63, 3.8) is 0 Å². The van der Waals surface area contributed by atoms with Crippen LogP contribution in [0.4, 0.5) is 4.39 Å². The summed E-state index contributed by atoms with van der Waals surface area (Å²) in [4.78, 5) is 24.0. The monoisotopic (exact) mass is 470 g/mol. The SMILES string of the molecule is C=CC(=O)N1CCCCC1c1nc(-c2ccc(COc3cccc(F)c3)cc2)c2c(C)nccn12. The van der Waals surface area contributed by atoms with Crippen molar-refractivity contribution in [3.05, 3.63) is 96.5 Å². The van der Waals surface area contributed by atoms with Crippen LogP contribution in [0.5, 0.6) is 5.75 Å². The average molecular weight is 471 g/mol. The van der Waals surface area contributed by atoms with Crippen molar-refractivity contribution in [1.29, 1.82) is 0 Å². The molecule has 0 aliphatic carbocycles. The minimum absolute atomic E-state index is 0.0681. The van der Waals surface area contributed by atoms with E-state index in [4.69, 9.17) is 9.72 Å². The molecule has 0 spiro atoms. The summed E-state index contributed by atoms with van der Waals surface area (Å²) in [6.07, 6.45) is 7.95. The number of benzene rings is 2. The molecule has 7 heteroatoms. The molecule has 1 aliphatic rings. The first-order valence-electron chi connectivity index (χ1n) is 11.8. The number of aromatic nitrogens is 3. The lowest BCUT2D eigenvalue weighted by molar-refractivity contribution is -0.129. The maximum atomic E-state index is 13.4. The Bertz CT molecular complexity index is 1380. The van der Waals surface area contributed by atoms with Gasteiger partial charge in [0.15, 0.2) is 0 Å². The van der Waals surface area contributed by atoms with E-state index in [0.717, 1.165) is 53.1 Å². The molecule has 0 bridgehead atoms. The molecule has 1 fully saturated rings. The number of carbonyl (C=O) groups is 1. The van der Waals surface area contributed by atoms with Gasteiger partial charge in [0, 0.05) is 30.6 Å². The van der Waals surface area contributed by atoms with E-state index >= 15 is 0 Å². The van der Waals surface area contributed by atoms with Crippen LogP contribution in [0.3, 0.4) is 0 Å². The highest BCUT2D eigenvalue weighted by Gasteiger charge is 2.31. The highest BCUT2D eigenvalue weighted by molar-refractivity contribution is 5.87. The third-order valence-corrected chi connectivity index (χ3v) is 6.45. The van der Waals surface area contributed by atoms with Crippen LogP contribution < -0.4 is 4.74 Å². The molecule has 0 N–H and O–H groups in total. The maximum absolute atomic E-state index is 13.4. The third-order valence-electron chi connectivity index (χ3n) is 6.45. The summed E-state index contributed by atoms with van der Waals surface area (Å²) in [5, 5.41) is 0. The number of halogens is 1. The highest BCUT2D eigenvalue weighted by Crippen LogP contribution is 2.35. The van der Waals surface area contributed by atoms with Crippen molar-refractivity contribution in [2.75, 3.05) is 6.54 Å². The van der Waals surface area contributed by atoms with Gasteiger partial charge in [-0.1, -0.05) is 36.9 Å². The van der Waals surface area contributed by atoms with Gasteiger partial charge in [-0.15, -0.1) is 0 Å². The Hall–Kier alpha value is -4.00. The van der Waals surface area contributed by atoms with Crippen LogP contribution in [0.25, 0.3) is 16.8 Å². The van der Waals surface area contributed by atoms with Gasteiger partial charge in [-0.2, -0.15) is 0 Å². The van der Waals surface area contributed by atoms with Gasteiger partial charge in [-0.3, -0.25) is 14.2 Å². The van der Waals surface area contributed by atoms with E-state index in [-0.39, 0.29) is 17.8 Å². The molecule has 178 valence electrons. The number of nitrogens with zero attached hydrogens (tertiary/aromatic N) is 4. The number of hydrogen-bond acceptors (Lipinski definition) is 4. The zero-order valence-electron chi connectivity index (χ0n) is 19.7. The predicted octanol–water partition coefficient (Wildman–Crippen LogP) is 5.66. The molecule has 0 radical (unpaired) electrons. The number of ether oxygens (including phenoxy) is 1. The van der Waals surface area contributed by atoms with Crippen molar-refractivity contribution in [2.45, 2.75) is 38.8 Å². The smallest absolute Gasteiger partial charge is 0.246 e. The number of piperidine rings is 1. The Morgan fingerprint density at radius 2 is 2.06 bits per heavy atom. The molecule has 6 nitrogen and oxygen atoms in total. The first-order chi connectivity index (χ1) is 17.0. The standard InChI is InChI=1S/C28H27FN4O2/c1-3-25(34)32-15-5-4-9-24(32)28-31-26(27-19(2)30-14-16-33(27)28)21-12-10-20(11-13-21)18-35-23-8-6-7-22(29)17-23/h3,6-8,10-14,16-17,24H,1,4-5,9,15,18H2,2H3. The summed E-state index contributed by atoms with van der Waals surface area (Å²) < 4.78 is 21.2. The van der Waals surface area contributed by atoms with Gasteiger partial charge in [0.05, 0.1) is 22.9 Å². The van der Waals surface area contributed by atoms with Crippen molar-refractivity contribution < 1.29 is 13.9 Å². The van der Waals surface area contributed by atoms with Gasteiger partial charge in [0.1, 0.15) is 24.0 Å². The fraction of sp³-hybridized carbons (Fsp3) is 0.250. The first-order valence-corrected chi connectivity index (χ1v) is 11.8. The van der Waals surface area contributed by atoms with E-state index in [0.29, 0.717) is 18.9 Å². The molecule has 35 heavy (non-hydrogen) atoms. The molecular weight excluding hydrogens is 443 g/mol. The maximum Gasteiger partial charge on any atom is 0.246 e. The van der Waals surface area contributed by atoms with Crippen LogP contribution in [0, 0.1) is 12.7 Å². The van der Waals surface area contributed by atoms with Crippen LogP contribution in [0.2, 0.25) is 0 Å². The second kappa shape index (κ2) is 9.70. The summed E-state index contributed by atoms with van der Waals surface area (Å²) >= 11 is 0. The fourth-order valence-electron chi connectivity index (χ4n) is 4.72. The summed E-state index contributed by atoms with van der Waals surface area (Å²) in [5.74, 6) is 0.942. The second-order valence-corrected chi connectivity index (χ2v) is 8.74. The van der Waals surface area contributed by atoms with Crippen LogP contribution in [-0.2, 0) is 11.4 Å². The number of likely N-dealkylation sites (tertiary alicyclic amines) is 1. The van der Waals surface area contributed by atoms with Crippen molar-refractivity contribution in [1.82, 2.24) is 19.3 Å². The Balaban J connectivity index is 1.47. The van der Waals surface area contributed by atoms with E-state index in [1.54, 1.807) is 18.3 Å². The number of carbonyl (C=O) groups excluding carboxylic acids is 1. The van der Waals surface area contributed by atoms with Gasteiger partial charge in [0.2, 0.25) is 5.91 Å². The topological polar surface area (TPSA) is 59.7 Å². The van der Waals surface area contributed by atoms with Gasteiger partial charge < -0.3 is 9.64 Å². The van der Waals surface area contributed by atoms with Gasteiger partial charge in [-0.05, 0) is 50.0 Å². The molecule has 2 aromatic heterocycles. The Labute approximate surface area is 203 Å². The lowest BCUT2D eigenvalue weighted by atomic mass is 10.0. The van der Waals surface area contributed by atoms with Crippen LogP contribution in [-0.4, -0.2) is 31.7 Å². The van der Waals surface area contributed by atoms with E-state index in [2.05, 4.69) is 16.0 Å². The van der Waals surface area contributed by atoms with E-state index in [1.807, 2.05) is 42.3 Å². The third kappa shape index (κ3) is 4.54. The lowest BCUT2D eigenvalue weighted by Crippen LogP contribution is -2.38. The Morgan fingerprint density at radius 3 is 2.83 bits per heavy atom. The number of amides is 1. The zero-order chi connectivity index (χ0) is 24.4. The van der Waals surface area contributed by atoms with E-state index in [9.17, 15) is 9.18 Å². The van der Waals surface area contributed by atoms with Crippen molar-refractivity contribution in [2.24, 2.45) is 0 Å². The van der Waals surface area contributed by atoms with Gasteiger partial charge in [0.25, 0.3) is 0 Å². The Kier molecular flexibility index (Phi) is 6.31. The largest absolute Gasteiger partial charge is 0.489 e. The minimum atomic E-state index is -0.324. The van der Waals surface area contributed by atoms with Crippen LogP contribution in [0.1, 0.15) is 42.4 Å². The van der Waals surface area contributed by atoms with Gasteiger partial charge >= 0.3 is 0 Å². The molecule has 1 aliphatic heterocycles. The summed E-state index contributed by atoms with van der Waals surface area (Å²) in [7, 11) is 0. The number of imidazole rings is 1. The summed E-state index contributed by atoms with van der Waals surface area (Å²) in [6, 6.07) is 14.0. The van der Waals surface area contributed by atoms with Gasteiger partial charge in [-0.25, -0.2) is 9.37 Å². The lowest BCUT2D eigenvalue weighted by Gasteiger charge is -2.34. The highest BCUT2D eigenvalue weighted by atomic mass is 19.1. The number of aryl methyl sites for hydroxylation is 1. The van der Waals surface area contributed by atoms with E-state index < -0.39 is 0 Å². The summed E-state index contributed by atoms with van der Waals surface area (Å²) in [6.45, 7) is 6.69. The molecule has 5 rings (SSSR count). The molecule has 1 amide bonds. The van der Waals surface area contributed by atoms with Crippen LogP contribution >= 0.6 is 0 Å². The molecule has 1 saturated heterocycles. The number of fused-ring (bicyclic) bond motifs is 1. The number of hydrogen-bond donors (Lipinski definition) is 0. The van der Waals surface area contributed by atoms with Crippen LogP contribution in [0.15, 0.2) is 73.6 Å². The zero-order valence-corrected chi connectivity index (χ0v) is 19.7. The minimum Gasteiger partial charge on any atom is -0.489 e. The molecular formula is C28H27FN4O2. The molecule has 3 heterocycles. The predicted molar refractivity (Wildman–Crippen MR) is 132 cm³/mol. The summed E-state index contributed by atoms with van der Waals surface area (Å²) in [5.41, 5.74) is 4.56. The van der Waals surface area contributed by atoms with Crippen molar-refractivity contribution in [3.8, 4) is 17.0 Å². The Morgan fingerprint density at radius 1 is 1.23 bits per heavy atom. The normalized spacial score (nSPS) is 15.8. The molecule has 1 atom stereocenters. The average Bonchev–Trinajstić information content (AvgIpc) is 3.28. The number of rotatable bonds is 6.